The van der Waals surface area contributed by atoms with Gasteiger partial charge in [-0.25, -0.2) is 0 Å². The minimum atomic E-state index is -1.71. The van der Waals surface area contributed by atoms with Gasteiger partial charge in [0.25, 0.3) is 0 Å². The van der Waals surface area contributed by atoms with Crippen molar-refractivity contribution in [1.29, 1.82) is 0 Å². The molecule has 0 amide bonds. The Kier molecular flexibility index (Phi) is 2.33. The molecule has 0 aromatic heterocycles. The van der Waals surface area contributed by atoms with Crippen LogP contribution in [0.15, 0.2) is 12.2 Å². The minimum absolute atomic E-state index is 0.942. The molecule has 4 rings (SSSR count). The average Bonchev–Trinajstić information content (AvgIpc) is 2.10. The summed E-state index contributed by atoms with van der Waals surface area (Å²) in [6, 6.07) is 0. The van der Waals surface area contributed by atoms with Gasteiger partial charge in [-0.3, -0.25) is 0 Å². The molecule has 0 nitrogen and oxygen atoms in total. The number of rotatable bonds is 1. The summed E-state index contributed by atoms with van der Waals surface area (Å²) >= 11 is -1.71. The quantitative estimate of drug-likeness (QED) is 0.500. The first kappa shape index (κ1) is 10.7. The fourth-order valence-corrected chi connectivity index (χ4v) is 14.4. The molecule has 4 aliphatic rings. The Bertz CT molecular complexity index is 299. The van der Waals surface area contributed by atoms with Gasteiger partial charge in [-0.15, -0.1) is 0 Å². The van der Waals surface area contributed by atoms with Crippen molar-refractivity contribution in [3.8, 4) is 0 Å². The molecule has 0 aliphatic heterocycles. The molecular weight excluding hydrogens is 287 g/mol. The van der Waals surface area contributed by atoms with E-state index in [0.29, 0.717) is 0 Å². The molecule has 1 heteroatoms. The zero-order valence-electron chi connectivity index (χ0n) is 10.4. The van der Waals surface area contributed by atoms with Crippen molar-refractivity contribution in [2.75, 3.05) is 0 Å². The molecule has 4 bridgehead atoms. The van der Waals surface area contributed by atoms with E-state index in [1.54, 1.807) is 12.0 Å². The molecule has 15 heavy (non-hydrogen) atoms. The topological polar surface area (TPSA) is 0 Å². The van der Waals surface area contributed by atoms with Gasteiger partial charge in [-0.05, 0) is 0 Å². The summed E-state index contributed by atoms with van der Waals surface area (Å²) in [7, 11) is 0. The molecule has 0 heterocycles. The van der Waals surface area contributed by atoms with Crippen LogP contribution in [0.25, 0.3) is 0 Å². The summed E-state index contributed by atoms with van der Waals surface area (Å²) in [4.78, 5) is 7.94. The number of hydrogen-bond donors (Lipinski definition) is 0. The first-order valence-electron chi connectivity index (χ1n) is 6.65. The zero-order valence-corrected chi connectivity index (χ0v) is 13.3. The van der Waals surface area contributed by atoms with E-state index in [0.717, 1.165) is 27.6 Å². The monoisotopic (exact) mass is 312 g/mol. The van der Waals surface area contributed by atoms with Gasteiger partial charge in [-0.1, -0.05) is 0 Å². The Balaban J connectivity index is 1.96. The van der Waals surface area contributed by atoms with E-state index in [1.807, 2.05) is 0 Å². The predicted octanol–water partition coefficient (Wildman–Crippen LogP) is 4.32. The van der Waals surface area contributed by atoms with Gasteiger partial charge >= 0.3 is 98.6 Å². The van der Waals surface area contributed by atoms with Crippen molar-refractivity contribution >= 4 is 18.4 Å². The first-order chi connectivity index (χ1) is 6.97. The van der Waals surface area contributed by atoms with E-state index in [4.69, 9.17) is 0 Å². The van der Waals surface area contributed by atoms with Crippen LogP contribution in [0.3, 0.4) is 0 Å². The second-order valence-electron chi connectivity index (χ2n) is 7.34. The van der Waals surface area contributed by atoms with Crippen LogP contribution in [0.1, 0.15) is 25.7 Å². The molecule has 0 radical (unpaired) electrons. The third kappa shape index (κ3) is 1.54. The second kappa shape index (κ2) is 3.27. The Morgan fingerprint density at radius 2 is 1.80 bits per heavy atom. The van der Waals surface area contributed by atoms with Crippen LogP contribution >= 0.6 is 0 Å². The van der Waals surface area contributed by atoms with Crippen LogP contribution in [0.4, 0.5) is 0 Å². The van der Waals surface area contributed by atoms with Crippen LogP contribution in [0.5, 0.6) is 0 Å². The van der Waals surface area contributed by atoms with E-state index in [1.165, 1.54) is 19.3 Å². The molecule has 0 N–H and O–H groups in total. The van der Waals surface area contributed by atoms with Crippen LogP contribution in [0, 0.1) is 23.7 Å². The molecule has 0 aromatic rings. The van der Waals surface area contributed by atoms with Crippen molar-refractivity contribution in [2.45, 2.75) is 44.4 Å². The summed E-state index contributed by atoms with van der Waals surface area (Å²) in [6.45, 7) is 4.45. The van der Waals surface area contributed by atoms with Gasteiger partial charge in [-0.2, -0.15) is 0 Å². The summed E-state index contributed by atoms with van der Waals surface area (Å²) in [5.74, 6) is 4.12. The third-order valence-corrected chi connectivity index (χ3v) is 13.6. The van der Waals surface area contributed by atoms with Crippen LogP contribution < -0.4 is 0 Å². The SMILES string of the molecule is C=C1C2CC3CC(C2)[C@@H]([Sn]([CH3])([CH3])[CH3])C1C3. The standard InChI is InChI=1S/C11H15.3CH3.Sn/c1-7-10-3-8-2-9(5-10)6-11(7)4-8;;;;/h3,8-11H,1-2,4-6H2;3*1H3;. The summed E-state index contributed by atoms with van der Waals surface area (Å²) in [5, 5.41) is 0. The molecule has 4 fully saturated rings. The fourth-order valence-electron chi connectivity index (χ4n) is 5.10. The molecule has 0 aromatic carbocycles. The molecule has 4 unspecified atom stereocenters. The van der Waals surface area contributed by atoms with Gasteiger partial charge < -0.3 is 0 Å². The molecule has 0 spiro atoms. The van der Waals surface area contributed by atoms with E-state index >= 15 is 0 Å². The van der Waals surface area contributed by atoms with E-state index in [-0.39, 0.29) is 0 Å². The predicted molar refractivity (Wildman–Crippen MR) is 68.7 cm³/mol. The molecular formula is C14H24Sn. The normalized spacial score (nSPS) is 48.7. The Labute approximate surface area is 98.4 Å². The van der Waals surface area contributed by atoms with Gasteiger partial charge in [0.2, 0.25) is 0 Å². The zero-order chi connectivity index (χ0) is 10.8. The third-order valence-electron chi connectivity index (χ3n) is 5.37. The van der Waals surface area contributed by atoms with Crippen molar-refractivity contribution in [2.24, 2.45) is 23.7 Å². The summed E-state index contributed by atoms with van der Waals surface area (Å²) in [5.41, 5.74) is 1.68. The Morgan fingerprint density at radius 1 is 1.07 bits per heavy atom. The Hall–Kier alpha value is 0.539. The second-order valence-corrected chi connectivity index (χ2v) is 22.7. The van der Waals surface area contributed by atoms with Crippen molar-refractivity contribution in [1.82, 2.24) is 0 Å². The van der Waals surface area contributed by atoms with Gasteiger partial charge in [0, 0.05) is 0 Å². The summed E-state index contributed by atoms with van der Waals surface area (Å²) < 4.78 is 1.14. The van der Waals surface area contributed by atoms with Gasteiger partial charge in [0.05, 0.1) is 0 Å². The average molecular weight is 311 g/mol. The number of allylic oxidation sites excluding steroid dienone is 1. The fraction of sp³-hybridized carbons (Fsp3) is 0.857. The van der Waals surface area contributed by atoms with Gasteiger partial charge in [0.15, 0.2) is 0 Å². The van der Waals surface area contributed by atoms with Crippen LogP contribution in [0.2, 0.25) is 18.8 Å². The molecule has 5 atom stereocenters. The number of hydrogen-bond acceptors (Lipinski definition) is 0. The Morgan fingerprint density at radius 3 is 2.47 bits per heavy atom. The van der Waals surface area contributed by atoms with E-state index in [2.05, 4.69) is 21.4 Å². The molecule has 84 valence electrons. The molecule has 4 aliphatic carbocycles. The van der Waals surface area contributed by atoms with Crippen molar-refractivity contribution in [3.63, 3.8) is 0 Å². The van der Waals surface area contributed by atoms with Gasteiger partial charge in [0.1, 0.15) is 0 Å². The molecule has 4 saturated carbocycles. The van der Waals surface area contributed by atoms with Crippen LogP contribution in [-0.4, -0.2) is 18.4 Å². The van der Waals surface area contributed by atoms with E-state index < -0.39 is 18.4 Å². The maximum atomic E-state index is 4.45. The maximum absolute atomic E-state index is 4.45. The molecule has 0 saturated heterocycles. The first-order valence-corrected chi connectivity index (χ1v) is 16.9. The van der Waals surface area contributed by atoms with Crippen molar-refractivity contribution < 1.29 is 0 Å². The summed E-state index contributed by atoms with van der Waals surface area (Å²) in [6.07, 6.45) is 6.12. The van der Waals surface area contributed by atoms with Crippen molar-refractivity contribution in [3.05, 3.63) is 12.2 Å². The van der Waals surface area contributed by atoms with E-state index in [9.17, 15) is 0 Å². The van der Waals surface area contributed by atoms with Crippen LogP contribution in [-0.2, 0) is 0 Å².